The van der Waals surface area contributed by atoms with E-state index in [-0.39, 0.29) is 5.75 Å². The first-order valence-electron chi connectivity index (χ1n) is 8.38. The molecule has 0 bridgehead atoms. The number of piperazine rings is 1. The minimum Gasteiger partial charge on any atom is -0.503 e. The summed E-state index contributed by atoms with van der Waals surface area (Å²) in [6.07, 6.45) is 1.76. The molecule has 0 amide bonds. The monoisotopic (exact) mass is 346 g/mol. The molecule has 1 atom stereocenters. The minimum absolute atomic E-state index is 0.346. The van der Waals surface area contributed by atoms with Crippen molar-refractivity contribution in [3.05, 3.63) is 52.1 Å². The Bertz CT molecular complexity index is 786. The summed E-state index contributed by atoms with van der Waals surface area (Å²) in [4.78, 5) is 20.4. The quantitative estimate of drug-likeness (QED) is 0.912. The topological polar surface area (TPSA) is 61.6 Å². The molecule has 3 rings (SSSR count). The highest BCUT2D eigenvalue weighted by molar-refractivity contribution is 5.38. The zero-order valence-corrected chi connectivity index (χ0v) is 14.5. The van der Waals surface area contributed by atoms with Gasteiger partial charge in [-0.05, 0) is 19.1 Å². The number of hydrogen-bond acceptors (Lipinski definition) is 5. The molecule has 6 nitrogen and oxygen atoms in total. The van der Waals surface area contributed by atoms with Crippen LogP contribution in [0.25, 0.3) is 0 Å². The van der Waals surface area contributed by atoms with E-state index in [0.29, 0.717) is 37.6 Å². The fourth-order valence-corrected chi connectivity index (χ4v) is 3.36. The number of rotatable bonds is 4. The Kier molecular flexibility index (Phi) is 5.03. The molecule has 3 heterocycles. The van der Waals surface area contributed by atoms with Crippen LogP contribution < -0.4 is 10.3 Å². The highest BCUT2D eigenvalue weighted by atomic mass is 19.1. The number of hydrogen-bond donors (Lipinski definition) is 1. The van der Waals surface area contributed by atoms with Crippen LogP contribution in [0.4, 0.5) is 10.2 Å². The van der Waals surface area contributed by atoms with Crippen LogP contribution in [0.2, 0.25) is 0 Å². The van der Waals surface area contributed by atoms with Gasteiger partial charge in [-0.1, -0.05) is 6.07 Å². The van der Waals surface area contributed by atoms with Crippen molar-refractivity contribution in [1.29, 1.82) is 0 Å². The Labute approximate surface area is 146 Å². The molecular weight excluding hydrogens is 323 g/mol. The summed E-state index contributed by atoms with van der Waals surface area (Å²) in [7, 11) is 1.75. The van der Waals surface area contributed by atoms with Gasteiger partial charge in [0.15, 0.2) is 5.75 Å². The number of alkyl halides is 1. The van der Waals surface area contributed by atoms with E-state index in [2.05, 4.69) is 9.88 Å². The number of aromatic nitrogens is 2. The summed E-state index contributed by atoms with van der Waals surface area (Å²) in [5.74, 6) is 0.549. The van der Waals surface area contributed by atoms with E-state index in [9.17, 15) is 14.3 Å². The summed E-state index contributed by atoms with van der Waals surface area (Å²) in [6, 6.07) is 6.51. The molecule has 1 saturated heterocycles. The number of aryl methyl sites for hydroxylation is 1. The van der Waals surface area contributed by atoms with Gasteiger partial charge in [0.1, 0.15) is 12.5 Å². The first-order chi connectivity index (χ1) is 12.0. The molecule has 1 fully saturated rings. The lowest BCUT2D eigenvalue weighted by Gasteiger charge is -2.39. The summed E-state index contributed by atoms with van der Waals surface area (Å²) in [5.41, 5.74) is 0.582. The molecule has 7 heteroatoms. The van der Waals surface area contributed by atoms with Gasteiger partial charge >= 0.3 is 0 Å². The lowest BCUT2D eigenvalue weighted by Crippen LogP contribution is -2.49. The molecule has 2 aromatic rings. The van der Waals surface area contributed by atoms with Crippen molar-refractivity contribution in [1.82, 2.24) is 14.5 Å². The average molecular weight is 346 g/mol. The smallest absolute Gasteiger partial charge is 0.223 e. The predicted octanol–water partition coefficient (Wildman–Crippen LogP) is 1.63. The Morgan fingerprint density at radius 3 is 2.60 bits per heavy atom. The average Bonchev–Trinajstić information content (AvgIpc) is 2.64. The van der Waals surface area contributed by atoms with E-state index in [1.807, 2.05) is 23.1 Å². The fourth-order valence-electron chi connectivity index (χ4n) is 3.36. The van der Waals surface area contributed by atoms with Crippen LogP contribution in [0.3, 0.4) is 0 Å². The van der Waals surface area contributed by atoms with Crippen molar-refractivity contribution in [3.8, 4) is 5.75 Å². The molecule has 0 aromatic carbocycles. The van der Waals surface area contributed by atoms with Crippen molar-refractivity contribution in [2.24, 2.45) is 7.05 Å². The molecule has 1 unspecified atom stereocenters. The first-order valence-corrected chi connectivity index (χ1v) is 8.38. The van der Waals surface area contributed by atoms with Crippen molar-refractivity contribution < 1.29 is 9.50 Å². The van der Waals surface area contributed by atoms with Gasteiger partial charge in [-0.15, -0.1) is 0 Å². The number of aromatic hydroxyl groups is 1. The van der Waals surface area contributed by atoms with E-state index in [0.717, 1.165) is 5.82 Å². The molecule has 1 aliphatic heterocycles. The molecule has 0 aliphatic carbocycles. The van der Waals surface area contributed by atoms with Gasteiger partial charge in [0.25, 0.3) is 0 Å². The molecule has 2 aromatic heterocycles. The highest BCUT2D eigenvalue weighted by Crippen LogP contribution is 2.28. The van der Waals surface area contributed by atoms with Gasteiger partial charge in [0.05, 0.1) is 11.7 Å². The SMILES string of the molecule is Cc1cc(=O)c(O)c(C(CF)N2CCN(c3ccccn3)CC2)n1C. The second kappa shape index (κ2) is 7.23. The van der Waals surface area contributed by atoms with Gasteiger partial charge in [0.2, 0.25) is 5.43 Å². The Morgan fingerprint density at radius 2 is 2.00 bits per heavy atom. The maximum Gasteiger partial charge on any atom is 0.223 e. The van der Waals surface area contributed by atoms with Crippen molar-refractivity contribution in [3.63, 3.8) is 0 Å². The van der Waals surface area contributed by atoms with Crippen LogP contribution in [0.1, 0.15) is 17.4 Å². The minimum atomic E-state index is -0.659. The van der Waals surface area contributed by atoms with Gasteiger partial charge in [-0.3, -0.25) is 9.69 Å². The first kappa shape index (κ1) is 17.4. The van der Waals surface area contributed by atoms with E-state index in [1.54, 1.807) is 24.7 Å². The van der Waals surface area contributed by atoms with Crippen LogP contribution in [0.15, 0.2) is 35.3 Å². The molecule has 0 radical (unpaired) electrons. The normalized spacial score (nSPS) is 16.8. The summed E-state index contributed by atoms with van der Waals surface area (Å²) >= 11 is 0. The molecule has 0 spiro atoms. The molecule has 0 saturated carbocycles. The van der Waals surface area contributed by atoms with E-state index >= 15 is 0 Å². The van der Waals surface area contributed by atoms with Crippen LogP contribution >= 0.6 is 0 Å². The fraction of sp³-hybridized carbons (Fsp3) is 0.444. The van der Waals surface area contributed by atoms with E-state index in [4.69, 9.17) is 0 Å². The maximum atomic E-state index is 13.9. The lowest BCUT2D eigenvalue weighted by molar-refractivity contribution is 0.147. The zero-order valence-electron chi connectivity index (χ0n) is 14.5. The summed E-state index contributed by atoms with van der Waals surface area (Å²) in [6.45, 7) is 3.81. The molecule has 134 valence electrons. The maximum absolute atomic E-state index is 13.9. The summed E-state index contributed by atoms with van der Waals surface area (Å²) in [5, 5.41) is 10.2. The second-order valence-electron chi connectivity index (χ2n) is 6.32. The van der Waals surface area contributed by atoms with Gasteiger partial charge < -0.3 is 14.6 Å². The Balaban J connectivity index is 1.81. The lowest BCUT2D eigenvalue weighted by atomic mass is 10.1. The summed E-state index contributed by atoms with van der Waals surface area (Å²) < 4.78 is 15.6. The van der Waals surface area contributed by atoms with E-state index < -0.39 is 18.1 Å². The van der Waals surface area contributed by atoms with E-state index in [1.165, 1.54) is 6.07 Å². The number of anilines is 1. The van der Waals surface area contributed by atoms with Crippen molar-refractivity contribution in [2.75, 3.05) is 37.8 Å². The van der Waals surface area contributed by atoms with Gasteiger partial charge in [0, 0.05) is 51.2 Å². The molecular formula is C18H23FN4O2. The van der Waals surface area contributed by atoms with Crippen LogP contribution in [0.5, 0.6) is 5.75 Å². The molecule has 25 heavy (non-hydrogen) atoms. The third-order valence-corrected chi connectivity index (χ3v) is 4.90. The zero-order chi connectivity index (χ0) is 18.0. The van der Waals surface area contributed by atoms with Crippen molar-refractivity contribution in [2.45, 2.75) is 13.0 Å². The molecule has 1 N–H and O–H groups in total. The van der Waals surface area contributed by atoms with Gasteiger partial charge in [-0.25, -0.2) is 9.37 Å². The third kappa shape index (κ3) is 3.37. The number of nitrogens with zero attached hydrogens (tertiary/aromatic N) is 4. The largest absolute Gasteiger partial charge is 0.503 e. The number of halogens is 1. The Morgan fingerprint density at radius 1 is 1.28 bits per heavy atom. The standard InChI is InChI=1S/C18H23FN4O2/c1-13-11-15(24)18(25)17(21(13)2)14(12-19)22-7-9-23(10-8-22)16-5-3-4-6-20-16/h3-6,11,14,25H,7-10,12H2,1-2H3. The van der Waals surface area contributed by atoms with Crippen LogP contribution in [-0.4, -0.2) is 52.4 Å². The predicted molar refractivity (Wildman–Crippen MR) is 94.8 cm³/mol. The number of pyridine rings is 2. The third-order valence-electron chi connectivity index (χ3n) is 4.90. The second-order valence-corrected chi connectivity index (χ2v) is 6.32. The van der Waals surface area contributed by atoms with Gasteiger partial charge in [-0.2, -0.15) is 0 Å². The van der Waals surface area contributed by atoms with Crippen LogP contribution in [0, 0.1) is 6.92 Å². The Hall–Kier alpha value is -2.41. The van der Waals surface area contributed by atoms with Crippen molar-refractivity contribution >= 4 is 5.82 Å². The molecule has 1 aliphatic rings. The highest BCUT2D eigenvalue weighted by Gasteiger charge is 2.30. The van der Waals surface area contributed by atoms with Crippen LogP contribution in [-0.2, 0) is 7.05 Å².